The smallest absolute Gasteiger partial charge is 0.259 e. The summed E-state index contributed by atoms with van der Waals surface area (Å²) in [5.41, 5.74) is 5.66. The van der Waals surface area contributed by atoms with Crippen molar-refractivity contribution >= 4 is 92.9 Å². The number of rotatable bonds is 16. The lowest BCUT2D eigenvalue weighted by Crippen LogP contribution is -2.42. The van der Waals surface area contributed by atoms with E-state index in [1.165, 1.54) is 46.0 Å². The third kappa shape index (κ3) is 17.4. The zero-order valence-corrected chi connectivity index (χ0v) is 64.8. The number of aliphatic hydroxyl groups is 4. The van der Waals surface area contributed by atoms with Crippen molar-refractivity contribution in [2.75, 3.05) is 26.2 Å². The molecule has 4 aliphatic carbocycles. The number of aliphatic hydroxyl groups excluding tert-OH is 4. The Morgan fingerprint density at radius 3 is 1.04 bits per heavy atom. The maximum Gasteiger partial charge on any atom is 0.259 e. The Morgan fingerprint density at radius 1 is 0.363 bits per heavy atom. The van der Waals surface area contributed by atoms with Crippen molar-refractivity contribution in [3.63, 3.8) is 0 Å². The van der Waals surface area contributed by atoms with E-state index in [9.17, 15) is 86.7 Å². The van der Waals surface area contributed by atoms with E-state index in [0.717, 1.165) is 39.8 Å². The van der Waals surface area contributed by atoms with Crippen LogP contribution in [0.3, 0.4) is 0 Å². The molecule has 0 saturated heterocycles. The van der Waals surface area contributed by atoms with Gasteiger partial charge >= 0.3 is 0 Å². The Hall–Kier alpha value is -13.3. The molecule has 4 amide bonds. The number of Topliss-reactive ketones (excluding diaryl/α,β-unsaturated/α-hetero) is 8. The quantitative estimate of drug-likeness (QED) is 0.0329. The normalized spacial score (nSPS) is 15.2. The van der Waals surface area contributed by atoms with Gasteiger partial charge in [0, 0.05) is 74.6 Å². The fraction of sp³-hybridized carbons (Fsp3) is 0.264. The molecule has 0 spiro atoms. The number of benzene rings is 4. The second-order valence-electron chi connectivity index (χ2n) is 29.8. The van der Waals surface area contributed by atoms with Crippen LogP contribution in [0.4, 0.5) is 8.78 Å². The molecule has 12 rings (SSSR count). The summed E-state index contributed by atoms with van der Waals surface area (Å²) in [5.74, 6) is -9.11. The van der Waals surface area contributed by atoms with Gasteiger partial charge in [0.25, 0.3) is 23.6 Å². The fourth-order valence-electron chi connectivity index (χ4n) is 13.4. The minimum absolute atomic E-state index is 0.202. The van der Waals surface area contributed by atoms with Gasteiger partial charge in [0.15, 0.2) is 23.1 Å². The highest BCUT2D eigenvalue weighted by molar-refractivity contribution is 6.31. The van der Waals surface area contributed by atoms with E-state index in [2.05, 4.69) is 41.2 Å². The van der Waals surface area contributed by atoms with E-state index >= 15 is 0 Å². The number of nitrogens with zero attached hydrogens (tertiary/aromatic N) is 4. The van der Waals surface area contributed by atoms with Crippen LogP contribution in [0.5, 0.6) is 0 Å². The zero-order chi connectivity index (χ0) is 83.4. The average Bonchev–Trinajstić information content (AvgIpc) is 0.757. The second-order valence-corrected chi connectivity index (χ2v) is 29.8. The number of hydrogen-bond donors (Lipinski definition) is 8. The molecule has 4 aromatic heterocycles. The largest absolute Gasteiger partial charge is 0.506 e. The maximum absolute atomic E-state index is 14.3. The summed E-state index contributed by atoms with van der Waals surface area (Å²) in [6.07, 6.45) is 5.96. The highest BCUT2D eigenvalue weighted by Crippen LogP contribution is 2.46. The molecule has 113 heavy (non-hydrogen) atoms. The third-order valence-electron chi connectivity index (χ3n) is 19.7. The second kappa shape index (κ2) is 33.1. The molecule has 0 radical (unpaired) electrons. The maximum atomic E-state index is 14.3. The zero-order valence-electron chi connectivity index (χ0n) is 64.8. The number of carbonyl (C=O) groups excluding carboxylic acids is 12. The van der Waals surface area contributed by atoms with Crippen LogP contribution in [-0.2, 0) is 79.2 Å². The van der Waals surface area contributed by atoms with Crippen molar-refractivity contribution in [3.8, 4) is 44.5 Å². The number of fused-ring (bicyclic) bond motifs is 4. The molecule has 0 atom stereocenters. The first-order valence-electron chi connectivity index (χ1n) is 35.6. The van der Waals surface area contributed by atoms with Crippen LogP contribution < -0.4 is 21.3 Å². The molecule has 0 aliphatic heterocycles. The van der Waals surface area contributed by atoms with Gasteiger partial charge in [0.2, 0.25) is 5.95 Å². The van der Waals surface area contributed by atoms with Crippen LogP contribution in [-0.4, -0.2) is 136 Å². The van der Waals surface area contributed by atoms with Gasteiger partial charge in [-0.25, -0.2) is 9.37 Å². The fourth-order valence-corrected chi connectivity index (χ4v) is 13.4. The summed E-state index contributed by atoms with van der Waals surface area (Å²) in [4.78, 5) is 162. The Kier molecular flexibility index (Phi) is 24.6. The van der Waals surface area contributed by atoms with E-state index in [1.807, 2.05) is 50.2 Å². The van der Waals surface area contributed by atoms with E-state index in [0.29, 0.717) is 61.3 Å². The lowest BCUT2D eigenvalue weighted by atomic mass is 9.70. The van der Waals surface area contributed by atoms with Crippen molar-refractivity contribution in [1.29, 1.82) is 0 Å². The third-order valence-corrected chi connectivity index (χ3v) is 19.7. The average molecular weight is 1540 g/mol. The Bertz CT molecular complexity index is 5380. The summed E-state index contributed by atoms with van der Waals surface area (Å²) in [5, 5.41) is 52.5. The van der Waals surface area contributed by atoms with Gasteiger partial charge in [-0.05, 0) is 215 Å². The van der Waals surface area contributed by atoms with Crippen LogP contribution in [0, 0.1) is 32.5 Å². The molecule has 24 nitrogen and oxygen atoms in total. The number of nitrogens with one attached hydrogen (secondary N) is 4. The lowest BCUT2D eigenvalue weighted by molar-refractivity contribution is -0.127. The summed E-state index contributed by atoms with van der Waals surface area (Å²) < 4.78 is 27.8. The molecular formula is C87H84F2N8O16. The first-order chi connectivity index (χ1) is 52.9. The van der Waals surface area contributed by atoms with Gasteiger partial charge in [-0.1, -0.05) is 54.6 Å². The van der Waals surface area contributed by atoms with E-state index < -0.39 is 103 Å². The predicted molar refractivity (Wildman–Crippen MR) is 418 cm³/mol. The molecule has 8 N–H and O–H groups in total. The molecule has 0 saturated carbocycles. The van der Waals surface area contributed by atoms with E-state index in [1.54, 1.807) is 141 Å². The van der Waals surface area contributed by atoms with Crippen molar-refractivity contribution in [2.24, 2.45) is 0 Å². The minimum Gasteiger partial charge on any atom is -0.506 e. The van der Waals surface area contributed by atoms with Gasteiger partial charge in [-0.2, -0.15) is 4.39 Å². The summed E-state index contributed by atoms with van der Waals surface area (Å²) in [6, 6.07) is 32.8. The number of amides is 4. The Labute approximate surface area is 649 Å². The van der Waals surface area contributed by atoms with Crippen LogP contribution in [0.15, 0.2) is 162 Å². The SMILES string of the molecule is CC(=O)CNC(=O)C1=C(O)c2cc(-c3ccc(C)nc3F)ccc2C(C)(C)C1=O.CC(=O)CNC(=O)C1=C(O)c2cc(-c3cccnc3C)ccc2C(C)(C)C1=O.CC(=O)CNC(=O)C1=C(O)c2cc(-c3ccnc(C)c3)ccc2C(C)(C)C1=O.CC(=O)CNC(=O)C1=C(O)c2cc(-c3cncc(F)c3)ccc2C(C)(C)C1=O. The molecular weight excluding hydrogens is 1450 g/mol. The standard InChI is InChI=1S/C22H21FN2O4.2C22H22N2O4.C21H19FN2O4/c1-11-5-7-14(20(23)25-11)13-6-8-16-15(9-13)18(27)17(19(28)22(16,3)4)21(29)24-10-12(2)26;1-12-9-15(7-8-23-12)14-5-6-17-16(10-14)19(26)18(20(27)22(17,3)4)21(28)24-11-13(2)25;1-12(25)11-24-21(28)18-19(26)16-10-14(15-6-5-9-23-13(15)2)7-8-17(16)22(3,4)20(18)27;1-11(25)8-24-20(28)17-18(26)15-7-12(13-6-14(22)10-23-9-13)4-5-16(15)21(2,3)19(17)27/h5-9,27H,10H2,1-4H3,(H,24,29);2*5-10,26H,11H2,1-4H3,(H,24,28);4-7,9-10,26H,8H2,1-3H3,(H,24,28). The highest BCUT2D eigenvalue weighted by Gasteiger charge is 2.48. The number of aromatic nitrogens is 4. The van der Waals surface area contributed by atoms with Crippen molar-refractivity contribution in [2.45, 2.75) is 126 Å². The van der Waals surface area contributed by atoms with Crippen LogP contribution in [0.25, 0.3) is 67.5 Å². The van der Waals surface area contributed by atoms with Crippen molar-refractivity contribution < 1.29 is 86.7 Å². The number of hydrogen-bond acceptors (Lipinski definition) is 20. The van der Waals surface area contributed by atoms with Gasteiger partial charge < -0.3 is 41.7 Å². The molecule has 0 bridgehead atoms. The van der Waals surface area contributed by atoms with Crippen molar-refractivity contribution in [1.82, 2.24) is 41.2 Å². The molecule has 582 valence electrons. The predicted octanol–water partition coefficient (Wildman–Crippen LogP) is 11.5. The number of pyridine rings is 4. The van der Waals surface area contributed by atoms with E-state index in [4.69, 9.17) is 0 Å². The Balaban J connectivity index is 0.000000173. The first-order valence-corrected chi connectivity index (χ1v) is 35.6. The molecule has 26 heteroatoms. The summed E-state index contributed by atoms with van der Waals surface area (Å²) in [6.45, 7) is 23.3. The summed E-state index contributed by atoms with van der Waals surface area (Å²) in [7, 11) is 0. The highest BCUT2D eigenvalue weighted by atomic mass is 19.1. The van der Waals surface area contributed by atoms with Crippen LogP contribution in [0.2, 0.25) is 0 Å². The van der Waals surface area contributed by atoms with Crippen LogP contribution >= 0.6 is 0 Å². The lowest BCUT2D eigenvalue weighted by Gasteiger charge is -2.32. The molecule has 4 aliphatic rings. The minimum atomic E-state index is -1.09. The number of halogens is 2. The number of aryl methyl sites for hydroxylation is 3. The molecule has 4 heterocycles. The number of ketones is 8. The van der Waals surface area contributed by atoms with Gasteiger partial charge in [0.05, 0.1) is 54.0 Å². The van der Waals surface area contributed by atoms with E-state index in [-0.39, 0.29) is 83.1 Å². The molecule has 4 aromatic carbocycles. The van der Waals surface area contributed by atoms with Gasteiger partial charge in [0.1, 0.15) is 74.3 Å². The summed E-state index contributed by atoms with van der Waals surface area (Å²) >= 11 is 0. The molecule has 0 unspecified atom stereocenters. The number of carbonyl (C=O) groups is 12. The topological polar surface area (TPSA) is 385 Å². The van der Waals surface area contributed by atoms with Gasteiger partial charge in [-0.3, -0.25) is 72.5 Å². The van der Waals surface area contributed by atoms with Crippen LogP contribution in [0.1, 0.15) is 145 Å². The molecule has 8 aromatic rings. The Morgan fingerprint density at radius 2 is 0.699 bits per heavy atom. The monoisotopic (exact) mass is 1530 g/mol. The molecule has 0 fully saturated rings. The van der Waals surface area contributed by atoms with Crippen molar-refractivity contribution in [3.05, 3.63) is 236 Å². The van der Waals surface area contributed by atoms with Gasteiger partial charge in [-0.15, -0.1) is 0 Å². The first kappa shape index (κ1) is 83.8.